The van der Waals surface area contributed by atoms with Crippen molar-refractivity contribution in [2.24, 2.45) is 0 Å². The van der Waals surface area contributed by atoms with E-state index in [9.17, 15) is 4.79 Å². The number of anilines is 1. The van der Waals surface area contributed by atoms with Gasteiger partial charge in [-0.05, 0) is 0 Å². The second-order valence-electron chi connectivity index (χ2n) is 3.61. The number of hydrogen-bond acceptors (Lipinski definition) is 3. The standard InChI is InChI=1S/C10H13ClN2OSe/c11-6-8(14)9-7-12-10(15-9)13-4-2-1-3-5-13/h7H,1-6H2. The molecular formula is C10H13ClN2OSe. The first-order chi connectivity index (χ1) is 7.31. The average molecular weight is 292 g/mol. The summed E-state index contributed by atoms with van der Waals surface area (Å²) in [6.45, 7) is 2.19. The van der Waals surface area contributed by atoms with Gasteiger partial charge in [0.25, 0.3) is 0 Å². The minimum absolute atomic E-state index is 0.0347. The van der Waals surface area contributed by atoms with Gasteiger partial charge in [0.15, 0.2) is 0 Å². The van der Waals surface area contributed by atoms with Crippen molar-refractivity contribution < 1.29 is 4.79 Å². The molecule has 1 aliphatic heterocycles. The molecule has 0 bridgehead atoms. The molecule has 2 rings (SSSR count). The van der Waals surface area contributed by atoms with Crippen molar-refractivity contribution in [3.8, 4) is 0 Å². The van der Waals surface area contributed by atoms with Gasteiger partial charge in [0.1, 0.15) is 0 Å². The van der Waals surface area contributed by atoms with Gasteiger partial charge < -0.3 is 0 Å². The summed E-state index contributed by atoms with van der Waals surface area (Å²) >= 11 is 5.61. The Balaban J connectivity index is 2.08. The number of hydrogen-bond donors (Lipinski definition) is 0. The second-order valence-corrected chi connectivity index (χ2v) is 6.00. The molecule has 1 aromatic heterocycles. The molecule has 1 fully saturated rings. The van der Waals surface area contributed by atoms with Gasteiger partial charge in [0.2, 0.25) is 0 Å². The van der Waals surface area contributed by atoms with Crippen molar-refractivity contribution >= 4 is 36.6 Å². The van der Waals surface area contributed by atoms with E-state index in [0.717, 1.165) is 22.2 Å². The van der Waals surface area contributed by atoms with Gasteiger partial charge in [-0.1, -0.05) is 0 Å². The molecule has 2 heterocycles. The van der Waals surface area contributed by atoms with E-state index in [0.29, 0.717) is 0 Å². The molecule has 0 unspecified atom stereocenters. The third-order valence-corrected chi connectivity index (χ3v) is 5.07. The topological polar surface area (TPSA) is 33.2 Å². The number of Topliss-reactive ketones (excluding diaryl/α,β-unsaturated/α-hetero) is 1. The Morgan fingerprint density at radius 3 is 2.87 bits per heavy atom. The molecule has 1 saturated heterocycles. The fourth-order valence-electron chi connectivity index (χ4n) is 1.69. The van der Waals surface area contributed by atoms with E-state index in [2.05, 4.69) is 9.88 Å². The Hall–Kier alpha value is -0.311. The predicted octanol–water partition coefficient (Wildman–Crippen LogP) is 1.55. The van der Waals surface area contributed by atoms with Crippen molar-refractivity contribution in [2.45, 2.75) is 19.3 Å². The van der Waals surface area contributed by atoms with E-state index in [4.69, 9.17) is 11.6 Å². The minimum atomic E-state index is 0.0347. The van der Waals surface area contributed by atoms with Crippen LogP contribution in [0.15, 0.2) is 6.20 Å². The Kier molecular flexibility index (Phi) is 3.84. The summed E-state index contributed by atoms with van der Waals surface area (Å²) in [4.78, 5) is 18.0. The number of nitrogens with zero attached hydrogens (tertiary/aromatic N) is 2. The van der Waals surface area contributed by atoms with Gasteiger partial charge in [-0.15, -0.1) is 0 Å². The number of carbonyl (C=O) groups excluding carboxylic acids is 1. The Morgan fingerprint density at radius 2 is 2.20 bits per heavy atom. The molecule has 0 radical (unpaired) electrons. The van der Waals surface area contributed by atoms with Crippen molar-refractivity contribution in [2.75, 3.05) is 23.9 Å². The summed E-state index contributed by atoms with van der Waals surface area (Å²) < 4.78 is 1.92. The first-order valence-electron chi connectivity index (χ1n) is 5.11. The molecule has 0 aliphatic carbocycles. The fraction of sp³-hybridized carbons (Fsp3) is 0.600. The molecule has 1 aliphatic rings. The summed E-state index contributed by atoms with van der Waals surface area (Å²) in [5.41, 5.74) is 0. The molecule has 82 valence electrons. The Labute approximate surface area is 100 Å². The molecular weight excluding hydrogens is 279 g/mol. The summed E-state index contributed by atoms with van der Waals surface area (Å²) in [7, 11) is 0. The van der Waals surface area contributed by atoms with Crippen LogP contribution < -0.4 is 4.90 Å². The van der Waals surface area contributed by atoms with Crippen LogP contribution >= 0.6 is 11.6 Å². The molecule has 1 aromatic rings. The van der Waals surface area contributed by atoms with Crippen molar-refractivity contribution in [3.05, 3.63) is 10.6 Å². The third-order valence-electron chi connectivity index (χ3n) is 2.52. The zero-order valence-electron chi connectivity index (χ0n) is 8.41. The summed E-state index contributed by atoms with van der Waals surface area (Å²) in [5, 5.41) is 0. The van der Waals surface area contributed by atoms with Crippen LogP contribution in [0.25, 0.3) is 0 Å². The Bertz CT molecular complexity index is 347. The first-order valence-corrected chi connectivity index (χ1v) is 7.36. The SMILES string of the molecule is O=C(CCl)c1cnc(N2CCCCC2)[se]1. The molecule has 0 aromatic carbocycles. The van der Waals surface area contributed by atoms with Crippen LogP contribution in [0.3, 0.4) is 0 Å². The van der Waals surface area contributed by atoms with Crippen LogP contribution in [0.4, 0.5) is 4.69 Å². The van der Waals surface area contributed by atoms with Gasteiger partial charge in [-0.3, -0.25) is 0 Å². The fourth-order valence-corrected chi connectivity index (χ4v) is 3.91. The number of rotatable bonds is 3. The predicted molar refractivity (Wildman–Crippen MR) is 62.3 cm³/mol. The summed E-state index contributed by atoms with van der Waals surface area (Å²) in [6.07, 6.45) is 5.51. The normalized spacial score (nSPS) is 16.7. The number of aromatic nitrogens is 1. The average Bonchev–Trinajstić information content (AvgIpc) is 2.78. The quantitative estimate of drug-likeness (QED) is 0.481. The number of ketones is 1. The first kappa shape index (κ1) is 11.2. The van der Waals surface area contributed by atoms with Gasteiger partial charge in [-0.25, -0.2) is 0 Å². The van der Waals surface area contributed by atoms with Gasteiger partial charge in [0, 0.05) is 0 Å². The molecule has 15 heavy (non-hydrogen) atoms. The van der Waals surface area contributed by atoms with E-state index in [1.54, 1.807) is 6.20 Å². The van der Waals surface area contributed by atoms with Crippen LogP contribution in [0, 0.1) is 0 Å². The van der Waals surface area contributed by atoms with E-state index in [1.807, 2.05) is 0 Å². The van der Waals surface area contributed by atoms with Crippen LogP contribution in [-0.2, 0) is 0 Å². The molecule has 5 heteroatoms. The summed E-state index contributed by atoms with van der Waals surface area (Å²) in [5.74, 6) is 0.114. The molecule has 0 amide bonds. The molecule has 0 N–H and O–H groups in total. The zero-order valence-corrected chi connectivity index (χ0v) is 10.9. The van der Waals surface area contributed by atoms with Crippen molar-refractivity contribution in [3.63, 3.8) is 0 Å². The van der Waals surface area contributed by atoms with Crippen LogP contribution in [-0.4, -0.2) is 44.2 Å². The molecule has 3 nitrogen and oxygen atoms in total. The van der Waals surface area contributed by atoms with Crippen molar-refractivity contribution in [1.29, 1.82) is 0 Å². The Morgan fingerprint density at radius 1 is 1.47 bits per heavy atom. The maximum atomic E-state index is 11.4. The molecule has 0 saturated carbocycles. The van der Waals surface area contributed by atoms with E-state index in [1.165, 1.54) is 19.3 Å². The number of alkyl halides is 1. The van der Waals surface area contributed by atoms with E-state index < -0.39 is 0 Å². The summed E-state index contributed by atoms with van der Waals surface area (Å²) in [6, 6.07) is 0. The van der Waals surface area contributed by atoms with Gasteiger partial charge in [0.05, 0.1) is 0 Å². The molecule has 0 atom stereocenters. The monoisotopic (exact) mass is 292 g/mol. The third kappa shape index (κ3) is 2.63. The van der Waals surface area contributed by atoms with Gasteiger partial charge >= 0.3 is 100 Å². The van der Waals surface area contributed by atoms with Crippen LogP contribution in [0.2, 0.25) is 0 Å². The zero-order chi connectivity index (χ0) is 10.7. The van der Waals surface area contributed by atoms with E-state index in [-0.39, 0.29) is 26.2 Å². The maximum absolute atomic E-state index is 11.4. The molecule has 0 spiro atoms. The number of piperidine rings is 1. The van der Waals surface area contributed by atoms with Crippen LogP contribution in [0.5, 0.6) is 0 Å². The second kappa shape index (κ2) is 5.15. The van der Waals surface area contributed by atoms with E-state index >= 15 is 0 Å². The van der Waals surface area contributed by atoms with Crippen LogP contribution in [0.1, 0.15) is 28.5 Å². The van der Waals surface area contributed by atoms with Crippen molar-refractivity contribution in [1.82, 2.24) is 4.98 Å². The van der Waals surface area contributed by atoms with Gasteiger partial charge in [-0.2, -0.15) is 0 Å². The number of carbonyl (C=O) groups is 1. The number of halogens is 1.